The molecule has 0 saturated carbocycles. The Hall–Kier alpha value is -2.41. The fourth-order valence-electron chi connectivity index (χ4n) is 3.10. The molecule has 0 aliphatic carbocycles. The molecule has 28 heavy (non-hydrogen) atoms. The Kier molecular flexibility index (Phi) is 7.99. The van der Waals surface area contributed by atoms with Crippen molar-refractivity contribution in [2.24, 2.45) is 5.73 Å². The molecule has 0 spiro atoms. The summed E-state index contributed by atoms with van der Waals surface area (Å²) in [4.78, 5) is 29.0. The summed E-state index contributed by atoms with van der Waals surface area (Å²) in [6.45, 7) is 3.80. The number of likely N-dealkylation sites (N-methyl/N-ethyl adjacent to an activating group) is 1. The van der Waals surface area contributed by atoms with E-state index in [1.54, 1.807) is 12.1 Å². The van der Waals surface area contributed by atoms with Crippen LogP contribution in [-0.2, 0) is 17.8 Å². The summed E-state index contributed by atoms with van der Waals surface area (Å²) >= 11 is 0. The molecule has 7 heteroatoms. The van der Waals surface area contributed by atoms with Crippen LogP contribution < -0.4 is 11.1 Å². The number of nitrogens with one attached hydrogen (secondary N) is 1. The molecule has 1 aliphatic rings. The molecule has 1 aliphatic heterocycles. The van der Waals surface area contributed by atoms with E-state index in [4.69, 9.17) is 5.73 Å². The number of amides is 2. The van der Waals surface area contributed by atoms with Crippen LogP contribution in [0.5, 0.6) is 0 Å². The van der Waals surface area contributed by atoms with Crippen LogP contribution in [0.4, 0.5) is 5.69 Å². The molecule has 3 rings (SSSR count). The van der Waals surface area contributed by atoms with Gasteiger partial charge in [0.2, 0.25) is 5.91 Å². The zero-order valence-electron chi connectivity index (χ0n) is 16.1. The molecule has 0 aromatic heterocycles. The van der Waals surface area contributed by atoms with Crippen LogP contribution in [0.25, 0.3) is 0 Å². The molecule has 0 atom stereocenters. The van der Waals surface area contributed by atoms with Gasteiger partial charge in [0.15, 0.2) is 0 Å². The summed E-state index contributed by atoms with van der Waals surface area (Å²) in [5, 5.41) is 2.89. The van der Waals surface area contributed by atoms with Crippen LogP contribution in [0.15, 0.2) is 48.5 Å². The number of hydrogen-bond donors (Lipinski definition) is 2. The molecular formula is C21H27ClN4O2. The normalized spacial score (nSPS) is 14.3. The molecule has 2 amide bonds. The van der Waals surface area contributed by atoms with E-state index in [-0.39, 0.29) is 24.2 Å². The van der Waals surface area contributed by atoms with E-state index in [1.165, 1.54) is 0 Å². The average Bonchev–Trinajstić information content (AvgIpc) is 2.68. The molecule has 6 nitrogen and oxygen atoms in total. The van der Waals surface area contributed by atoms with Crippen LogP contribution in [-0.4, -0.2) is 54.8 Å². The van der Waals surface area contributed by atoms with Crippen molar-refractivity contribution in [1.29, 1.82) is 0 Å². The number of hydrogen-bond acceptors (Lipinski definition) is 4. The first-order valence-electron chi connectivity index (χ1n) is 9.21. The van der Waals surface area contributed by atoms with Crippen molar-refractivity contribution >= 4 is 29.9 Å². The molecule has 0 bridgehead atoms. The van der Waals surface area contributed by atoms with Crippen molar-refractivity contribution in [2.75, 3.05) is 38.5 Å². The van der Waals surface area contributed by atoms with Gasteiger partial charge in [0, 0.05) is 44.0 Å². The topological polar surface area (TPSA) is 78.7 Å². The highest BCUT2D eigenvalue weighted by atomic mass is 35.5. The molecule has 1 heterocycles. The number of nitrogens with zero attached hydrogens (tertiary/aromatic N) is 2. The fourth-order valence-corrected chi connectivity index (χ4v) is 3.10. The minimum absolute atomic E-state index is 0. The molecule has 1 saturated heterocycles. The quantitative estimate of drug-likeness (QED) is 0.803. The van der Waals surface area contributed by atoms with Crippen LogP contribution in [0, 0.1) is 0 Å². The number of anilines is 1. The number of rotatable bonds is 5. The standard InChI is InChI=1S/C21H26N4O2.ClH/c1-24-9-11-25(12-10-24)20(26)14-17-3-2-4-19(13-17)23-21(27)18-7-5-16(15-22)6-8-18;/h2-8,13H,9-12,14-15,22H2,1H3,(H,23,27);1H. The van der Waals surface area contributed by atoms with Crippen molar-refractivity contribution < 1.29 is 9.59 Å². The first-order chi connectivity index (χ1) is 13.0. The van der Waals surface area contributed by atoms with Gasteiger partial charge < -0.3 is 20.9 Å². The van der Waals surface area contributed by atoms with Gasteiger partial charge >= 0.3 is 0 Å². The van der Waals surface area contributed by atoms with Gasteiger partial charge in [-0.05, 0) is 42.4 Å². The smallest absolute Gasteiger partial charge is 0.255 e. The summed E-state index contributed by atoms with van der Waals surface area (Å²) in [5.41, 5.74) is 8.73. The Morgan fingerprint density at radius 3 is 2.32 bits per heavy atom. The second kappa shape index (κ2) is 10.2. The van der Waals surface area contributed by atoms with E-state index in [0.29, 0.717) is 24.2 Å². The number of carbonyl (C=O) groups excluding carboxylic acids is 2. The van der Waals surface area contributed by atoms with E-state index >= 15 is 0 Å². The van der Waals surface area contributed by atoms with Gasteiger partial charge in [0.1, 0.15) is 0 Å². The lowest BCUT2D eigenvalue weighted by Crippen LogP contribution is -2.47. The third kappa shape index (κ3) is 5.79. The molecular weight excluding hydrogens is 376 g/mol. The Morgan fingerprint density at radius 2 is 1.68 bits per heavy atom. The van der Waals surface area contributed by atoms with Gasteiger partial charge in [0.25, 0.3) is 5.91 Å². The van der Waals surface area contributed by atoms with Crippen molar-refractivity contribution in [3.05, 3.63) is 65.2 Å². The molecule has 2 aromatic rings. The minimum Gasteiger partial charge on any atom is -0.340 e. The Balaban J connectivity index is 0.00000280. The summed E-state index contributed by atoms with van der Waals surface area (Å²) in [5.74, 6) is -0.0509. The summed E-state index contributed by atoms with van der Waals surface area (Å²) in [6, 6.07) is 14.7. The van der Waals surface area contributed by atoms with Crippen LogP contribution in [0.2, 0.25) is 0 Å². The Labute approximate surface area is 172 Å². The van der Waals surface area contributed by atoms with Crippen molar-refractivity contribution in [1.82, 2.24) is 9.80 Å². The number of benzene rings is 2. The molecule has 2 aromatic carbocycles. The van der Waals surface area contributed by atoms with Crippen molar-refractivity contribution in [2.45, 2.75) is 13.0 Å². The summed E-state index contributed by atoms with van der Waals surface area (Å²) < 4.78 is 0. The monoisotopic (exact) mass is 402 g/mol. The lowest BCUT2D eigenvalue weighted by Gasteiger charge is -2.32. The van der Waals surface area contributed by atoms with Gasteiger partial charge in [-0.15, -0.1) is 12.4 Å². The first-order valence-corrected chi connectivity index (χ1v) is 9.21. The van der Waals surface area contributed by atoms with Gasteiger partial charge in [-0.2, -0.15) is 0 Å². The number of carbonyl (C=O) groups is 2. The predicted octanol–water partition coefficient (Wildman–Crippen LogP) is 2.14. The van der Waals surface area contributed by atoms with E-state index in [2.05, 4.69) is 17.3 Å². The lowest BCUT2D eigenvalue weighted by atomic mass is 10.1. The lowest BCUT2D eigenvalue weighted by molar-refractivity contribution is -0.132. The highest BCUT2D eigenvalue weighted by molar-refractivity contribution is 6.04. The summed E-state index contributed by atoms with van der Waals surface area (Å²) in [7, 11) is 2.07. The zero-order chi connectivity index (χ0) is 19.2. The maximum absolute atomic E-state index is 12.5. The predicted molar refractivity (Wildman–Crippen MR) is 114 cm³/mol. The first kappa shape index (κ1) is 21.9. The number of halogens is 1. The minimum atomic E-state index is -0.180. The Bertz CT molecular complexity index is 802. The largest absolute Gasteiger partial charge is 0.340 e. The summed E-state index contributed by atoms with van der Waals surface area (Å²) in [6.07, 6.45) is 0.346. The maximum Gasteiger partial charge on any atom is 0.255 e. The van der Waals surface area contributed by atoms with Gasteiger partial charge in [-0.1, -0.05) is 24.3 Å². The van der Waals surface area contributed by atoms with E-state index < -0.39 is 0 Å². The highest BCUT2D eigenvalue weighted by Gasteiger charge is 2.19. The SMILES string of the molecule is CN1CCN(C(=O)Cc2cccc(NC(=O)c3ccc(CN)cc3)c2)CC1.Cl. The van der Waals surface area contributed by atoms with Gasteiger partial charge in [-0.3, -0.25) is 9.59 Å². The van der Waals surface area contributed by atoms with Gasteiger partial charge in [0.05, 0.1) is 6.42 Å². The Morgan fingerprint density at radius 1 is 1.00 bits per heavy atom. The highest BCUT2D eigenvalue weighted by Crippen LogP contribution is 2.15. The molecule has 0 radical (unpaired) electrons. The number of nitrogens with two attached hydrogens (primary N) is 1. The van der Waals surface area contributed by atoms with Crippen LogP contribution >= 0.6 is 12.4 Å². The van der Waals surface area contributed by atoms with Crippen LogP contribution in [0.1, 0.15) is 21.5 Å². The third-order valence-corrected chi connectivity index (χ3v) is 4.85. The molecule has 1 fully saturated rings. The third-order valence-electron chi connectivity index (χ3n) is 4.85. The van der Waals surface area contributed by atoms with Crippen LogP contribution in [0.3, 0.4) is 0 Å². The average molecular weight is 403 g/mol. The van der Waals surface area contributed by atoms with Gasteiger partial charge in [-0.25, -0.2) is 0 Å². The fraction of sp³-hybridized carbons (Fsp3) is 0.333. The number of piperazine rings is 1. The van der Waals surface area contributed by atoms with Crippen molar-refractivity contribution in [3.8, 4) is 0 Å². The van der Waals surface area contributed by atoms with E-state index in [9.17, 15) is 9.59 Å². The molecule has 3 N–H and O–H groups in total. The van der Waals surface area contributed by atoms with E-state index in [1.807, 2.05) is 41.3 Å². The molecule has 150 valence electrons. The van der Waals surface area contributed by atoms with E-state index in [0.717, 1.165) is 37.3 Å². The zero-order valence-corrected chi connectivity index (χ0v) is 16.9. The maximum atomic E-state index is 12.5. The van der Waals surface area contributed by atoms with Crippen molar-refractivity contribution in [3.63, 3.8) is 0 Å². The second-order valence-electron chi connectivity index (χ2n) is 6.92. The molecule has 0 unspecified atom stereocenters. The second-order valence-corrected chi connectivity index (χ2v) is 6.92.